The molecule has 1 unspecified atom stereocenters. The molecule has 154 valence electrons. The van der Waals surface area contributed by atoms with Gasteiger partial charge in [-0.1, -0.05) is 90.5 Å². The van der Waals surface area contributed by atoms with Gasteiger partial charge in [0.25, 0.3) is 5.56 Å². The van der Waals surface area contributed by atoms with E-state index >= 15 is 0 Å². The lowest BCUT2D eigenvalue weighted by molar-refractivity contribution is -0.122. The molecule has 1 N–H and O–H groups in total. The van der Waals surface area contributed by atoms with E-state index < -0.39 is 0 Å². The first-order chi connectivity index (χ1) is 15.1. The van der Waals surface area contributed by atoms with Crippen molar-refractivity contribution in [3.05, 3.63) is 124 Å². The molecule has 1 aromatic heterocycles. The number of rotatable bonds is 6. The quantitative estimate of drug-likeness (QED) is 0.521. The molecule has 5 nitrogen and oxygen atoms in total. The van der Waals surface area contributed by atoms with Gasteiger partial charge >= 0.3 is 0 Å². The van der Waals surface area contributed by atoms with E-state index in [0.29, 0.717) is 5.69 Å². The first kappa shape index (κ1) is 20.3. The third-order valence-corrected chi connectivity index (χ3v) is 5.08. The van der Waals surface area contributed by atoms with Crippen LogP contribution in [0.4, 0.5) is 0 Å². The Bertz CT molecular complexity index is 1220. The molecule has 0 aliphatic carbocycles. The average Bonchev–Trinajstić information content (AvgIpc) is 2.81. The number of benzene rings is 3. The highest BCUT2D eigenvalue weighted by Gasteiger charge is 2.18. The number of carbonyl (C=O) groups excluding carboxylic acids is 1. The maximum Gasteiger partial charge on any atom is 0.267 e. The Morgan fingerprint density at radius 3 is 2.13 bits per heavy atom. The summed E-state index contributed by atoms with van der Waals surface area (Å²) in [6, 6.07) is 30.2. The second-order valence-electron chi connectivity index (χ2n) is 7.40. The van der Waals surface area contributed by atoms with Crippen LogP contribution >= 0.6 is 0 Å². The minimum absolute atomic E-state index is 0.158. The Kier molecular flexibility index (Phi) is 6.03. The normalized spacial score (nSPS) is 11.6. The Labute approximate surface area is 181 Å². The van der Waals surface area contributed by atoms with Gasteiger partial charge in [-0.05, 0) is 24.1 Å². The fourth-order valence-electron chi connectivity index (χ4n) is 3.43. The van der Waals surface area contributed by atoms with E-state index in [1.165, 1.54) is 10.7 Å². The number of carbonyl (C=O) groups is 1. The standard InChI is InChI=1S/C26H23N3O2/c1-19-12-14-22(15-13-19)26(21-10-6-3-7-11-21)27-24(30)18-29-25(31)17-16-23(28-29)20-8-4-2-5-9-20/h2-17,26H,18H2,1H3,(H,27,30). The van der Waals surface area contributed by atoms with E-state index in [1.807, 2.05) is 91.9 Å². The summed E-state index contributed by atoms with van der Waals surface area (Å²) in [4.78, 5) is 25.2. The zero-order valence-electron chi connectivity index (χ0n) is 17.2. The van der Waals surface area contributed by atoms with Crippen LogP contribution in [0.25, 0.3) is 11.3 Å². The number of aryl methyl sites for hydroxylation is 1. The summed E-state index contributed by atoms with van der Waals surface area (Å²) in [6.45, 7) is 1.87. The predicted molar refractivity (Wildman–Crippen MR) is 122 cm³/mol. The molecule has 1 heterocycles. The summed E-state index contributed by atoms with van der Waals surface area (Å²) in [5, 5.41) is 7.46. The van der Waals surface area contributed by atoms with Gasteiger partial charge in [-0.25, -0.2) is 4.68 Å². The third-order valence-electron chi connectivity index (χ3n) is 5.08. The first-order valence-corrected chi connectivity index (χ1v) is 10.1. The molecule has 1 atom stereocenters. The maximum atomic E-state index is 12.9. The zero-order chi connectivity index (χ0) is 21.6. The zero-order valence-corrected chi connectivity index (χ0v) is 17.2. The molecule has 0 aliphatic heterocycles. The summed E-state index contributed by atoms with van der Waals surface area (Å²) in [5.41, 5.74) is 4.31. The van der Waals surface area contributed by atoms with Crippen LogP contribution in [-0.4, -0.2) is 15.7 Å². The van der Waals surface area contributed by atoms with Crippen LogP contribution in [0, 0.1) is 6.92 Å². The minimum Gasteiger partial charge on any atom is -0.344 e. The lowest BCUT2D eigenvalue weighted by Gasteiger charge is -2.20. The van der Waals surface area contributed by atoms with Gasteiger partial charge in [0.15, 0.2) is 0 Å². The van der Waals surface area contributed by atoms with Gasteiger partial charge in [0.05, 0.1) is 11.7 Å². The second kappa shape index (κ2) is 9.22. The van der Waals surface area contributed by atoms with Gasteiger partial charge in [0, 0.05) is 11.6 Å². The summed E-state index contributed by atoms with van der Waals surface area (Å²) in [5.74, 6) is -0.283. The van der Waals surface area contributed by atoms with Crippen LogP contribution < -0.4 is 10.9 Å². The van der Waals surface area contributed by atoms with E-state index in [1.54, 1.807) is 6.07 Å². The van der Waals surface area contributed by atoms with Crippen molar-refractivity contribution in [3.63, 3.8) is 0 Å². The molecule has 0 radical (unpaired) electrons. The summed E-state index contributed by atoms with van der Waals surface area (Å²) >= 11 is 0. The van der Waals surface area contributed by atoms with Crippen molar-refractivity contribution in [3.8, 4) is 11.3 Å². The monoisotopic (exact) mass is 409 g/mol. The van der Waals surface area contributed by atoms with Gasteiger partial charge in [-0.3, -0.25) is 9.59 Å². The number of nitrogens with one attached hydrogen (secondary N) is 1. The largest absolute Gasteiger partial charge is 0.344 e. The van der Waals surface area contributed by atoms with Gasteiger partial charge < -0.3 is 5.32 Å². The summed E-state index contributed by atoms with van der Waals surface area (Å²) in [7, 11) is 0. The van der Waals surface area contributed by atoms with E-state index in [0.717, 1.165) is 22.3 Å². The Hall–Kier alpha value is -3.99. The average molecular weight is 409 g/mol. The highest BCUT2D eigenvalue weighted by Crippen LogP contribution is 2.22. The van der Waals surface area contributed by atoms with Crippen LogP contribution in [0.15, 0.2) is 102 Å². The van der Waals surface area contributed by atoms with Crippen LogP contribution in [0.2, 0.25) is 0 Å². The predicted octanol–water partition coefficient (Wildman–Crippen LogP) is 4.12. The number of nitrogens with zero attached hydrogens (tertiary/aromatic N) is 2. The molecule has 31 heavy (non-hydrogen) atoms. The van der Waals surface area contributed by atoms with Crippen molar-refractivity contribution in [1.29, 1.82) is 0 Å². The van der Waals surface area contributed by atoms with E-state index in [2.05, 4.69) is 10.4 Å². The number of hydrogen-bond acceptors (Lipinski definition) is 3. The highest BCUT2D eigenvalue weighted by atomic mass is 16.2. The molecule has 0 fully saturated rings. The summed E-state index contributed by atoms with van der Waals surface area (Å²) < 4.78 is 1.20. The Morgan fingerprint density at radius 1 is 0.839 bits per heavy atom. The molecule has 3 aromatic carbocycles. The van der Waals surface area contributed by atoms with Crippen molar-refractivity contribution in [1.82, 2.24) is 15.1 Å². The fourth-order valence-corrected chi connectivity index (χ4v) is 3.43. The molecular formula is C26H23N3O2. The molecule has 0 bridgehead atoms. The number of aromatic nitrogens is 2. The fraction of sp³-hybridized carbons (Fsp3) is 0.115. The molecule has 0 aliphatic rings. The lowest BCUT2D eigenvalue weighted by Crippen LogP contribution is -2.36. The molecule has 0 saturated carbocycles. The minimum atomic E-state index is -0.318. The second-order valence-corrected chi connectivity index (χ2v) is 7.40. The van der Waals surface area contributed by atoms with Gasteiger partial charge in [-0.15, -0.1) is 0 Å². The van der Waals surface area contributed by atoms with Crippen molar-refractivity contribution in [2.24, 2.45) is 0 Å². The summed E-state index contributed by atoms with van der Waals surface area (Å²) in [6.07, 6.45) is 0. The molecule has 0 spiro atoms. The topological polar surface area (TPSA) is 64.0 Å². The van der Waals surface area contributed by atoms with E-state index in [-0.39, 0.29) is 24.1 Å². The van der Waals surface area contributed by atoms with Crippen molar-refractivity contribution in [2.45, 2.75) is 19.5 Å². The Morgan fingerprint density at radius 2 is 1.45 bits per heavy atom. The third kappa shape index (κ3) is 4.95. The lowest BCUT2D eigenvalue weighted by atomic mass is 9.98. The molecule has 0 saturated heterocycles. The maximum absolute atomic E-state index is 12.9. The van der Waals surface area contributed by atoms with Gasteiger partial charge in [0.1, 0.15) is 6.54 Å². The Balaban J connectivity index is 1.59. The molecule has 5 heteroatoms. The molecule has 1 amide bonds. The van der Waals surface area contributed by atoms with Gasteiger partial charge in [0.2, 0.25) is 5.91 Å². The van der Waals surface area contributed by atoms with Crippen LogP contribution in [0.3, 0.4) is 0 Å². The van der Waals surface area contributed by atoms with Crippen molar-refractivity contribution < 1.29 is 4.79 Å². The number of hydrogen-bond donors (Lipinski definition) is 1. The van der Waals surface area contributed by atoms with Gasteiger partial charge in [-0.2, -0.15) is 5.10 Å². The first-order valence-electron chi connectivity index (χ1n) is 10.1. The van der Waals surface area contributed by atoms with E-state index in [9.17, 15) is 9.59 Å². The van der Waals surface area contributed by atoms with Crippen LogP contribution in [0.5, 0.6) is 0 Å². The van der Waals surface area contributed by atoms with Crippen LogP contribution in [-0.2, 0) is 11.3 Å². The van der Waals surface area contributed by atoms with Crippen LogP contribution in [0.1, 0.15) is 22.7 Å². The number of amides is 1. The smallest absolute Gasteiger partial charge is 0.267 e. The van der Waals surface area contributed by atoms with E-state index in [4.69, 9.17) is 0 Å². The van der Waals surface area contributed by atoms with Crippen molar-refractivity contribution >= 4 is 5.91 Å². The highest BCUT2D eigenvalue weighted by molar-refractivity contribution is 5.76. The molecular weight excluding hydrogens is 386 g/mol. The SMILES string of the molecule is Cc1ccc(C(NC(=O)Cn2nc(-c3ccccc3)ccc2=O)c2ccccc2)cc1. The molecule has 4 aromatic rings. The van der Waals surface area contributed by atoms with Crippen molar-refractivity contribution in [2.75, 3.05) is 0 Å². The molecule has 4 rings (SSSR count).